The van der Waals surface area contributed by atoms with Gasteiger partial charge >= 0.3 is 5.97 Å². The van der Waals surface area contributed by atoms with Gasteiger partial charge in [-0.2, -0.15) is 0 Å². The second kappa shape index (κ2) is 5.84. The van der Waals surface area contributed by atoms with Gasteiger partial charge in [0.05, 0.1) is 6.04 Å². The first-order chi connectivity index (χ1) is 9.08. The fraction of sp³-hybridized carbons (Fsp3) is 0.429. The third-order valence-corrected chi connectivity index (χ3v) is 3.26. The van der Waals surface area contributed by atoms with E-state index in [1.165, 1.54) is 4.90 Å². The van der Waals surface area contributed by atoms with Gasteiger partial charge in [-0.25, -0.2) is 0 Å². The number of amides is 1. The van der Waals surface area contributed by atoms with E-state index < -0.39 is 5.97 Å². The summed E-state index contributed by atoms with van der Waals surface area (Å²) in [7, 11) is 0. The Bertz CT molecular complexity index is 464. The van der Waals surface area contributed by atoms with Crippen molar-refractivity contribution in [2.75, 3.05) is 18.0 Å². The molecule has 2 rings (SSSR count). The molecule has 1 aliphatic heterocycles. The predicted molar refractivity (Wildman–Crippen MR) is 72.2 cm³/mol. The summed E-state index contributed by atoms with van der Waals surface area (Å²) >= 11 is 0. The Balaban J connectivity index is 2.21. The van der Waals surface area contributed by atoms with Crippen LogP contribution in [0.2, 0.25) is 0 Å². The van der Waals surface area contributed by atoms with Crippen LogP contribution in [-0.4, -0.2) is 36.1 Å². The van der Waals surface area contributed by atoms with Gasteiger partial charge in [-0.1, -0.05) is 17.7 Å². The van der Waals surface area contributed by atoms with Crippen LogP contribution >= 0.6 is 0 Å². The van der Waals surface area contributed by atoms with E-state index in [2.05, 4.69) is 5.32 Å². The lowest BCUT2D eigenvalue weighted by Gasteiger charge is -2.24. The van der Waals surface area contributed by atoms with E-state index in [0.717, 1.165) is 24.9 Å². The number of nitrogens with one attached hydrogen (secondary N) is 1. The van der Waals surface area contributed by atoms with Crippen molar-refractivity contribution >= 4 is 17.6 Å². The highest BCUT2D eigenvalue weighted by atomic mass is 16.4. The van der Waals surface area contributed by atoms with Crippen LogP contribution in [0.5, 0.6) is 0 Å². The van der Waals surface area contributed by atoms with Crippen molar-refractivity contribution in [1.29, 1.82) is 0 Å². The van der Waals surface area contributed by atoms with Crippen molar-refractivity contribution in [1.82, 2.24) is 5.32 Å². The molecule has 0 saturated carbocycles. The SMILES string of the molecule is Cc1ccc(N(CC(=O)O)C(=O)[C@H]2CCCN2)cc1. The summed E-state index contributed by atoms with van der Waals surface area (Å²) in [6.45, 7) is 2.46. The normalized spacial score (nSPS) is 18.3. The first-order valence-electron chi connectivity index (χ1n) is 6.41. The van der Waals surface area contributed by atoms with Crippen LogP contribution in [0.15, 0.2) is 24.3 Å². The van der Waals surface area contributed by atoms with Crippen LogP contribution < -0.4 is 10.2 Å². The molecule has 1 heterocycles. The maximum absolute atomic E-state index is 12.4. The van der Waals surface area contributed by atoms with Gasteiger partial charge in [0.2, 0.25) is 5.91 Å². The summed E-state index contributed by atoms with van der Waals surface area (Å²) in [4.78, 5) is 24.7. The first-order valence-corrected chi connectivity index (χ1v) is 6.41. The van der Waals surface area contributed by atoms with Crippen molar-refractivity contribution in [2.45, 2.75) is 25.8 Å². The van der Waals surface area contributed by atoms with Crippen molar-refractivity contribution in [3.63, 3.8) is 0 Å². The van der Waals surface area contributed by atoms with E-state index >= 15 is 0 Å². The van der Waals surface area contributed by atoms with Gasteiger partial charge in [-0.15, -0.1) is 0 Å². The molecule has 19 heavy (non-hydrogen) atoms. The molecule has 1 aromatic carbocycles. The molecule has 0 radical (unpaired) electrons. The van der Waals surface area contributed by atoms with Crippen LogP contribution in [0, 0.1) is 6.92 Å². The fourth-order valence-corrected chi connectivity index (χ4v) is 2.24. The van der Waals surface area contributed by atoms with Gasteiger partial charge in [0.1, 0.15) is 6.54 Å². The van der Waals surface area contributed by atoms with Crippen molar-refractivity contribution < 1.29 is 14.7 Å². The highest BCUT2D eigenvalue weighted by Crippen LogP contribution is 2.18. The number of nitrogens with zero attached hydrogens (tertiary/aromatic N) is 1. The second-order valence-corrected chi connectivity index (χ2v) is 4.80. The number of carbonyl (C=O) groups excluding carboxylic acids is 1. The minimum atomic E-state index is -1.01. The molecule has 5 nitrogen and oxygen atoms in total. The molecule has 0 unspecified atom stereocenters. The standard InChI is InChI=1S/C14H18N2O3/c1-10-4-6-11(7-5-10)16(9-13(17)18)14(19)12-3-2-8-15-12/h4-7,12,15H,2-3,8-9H2,1H3,(H,17,18)/t12-/m1/s1. The molecule has 1 aromatic rings. The maximum Gasteiger partial charge on any atom is 0.323 e. The van der Waals surface area contributed by atoms with E-state index in [0.29, 0.717) is 5.69 Å². The van der Waals surface area contributed by atoms with Gasteiger partial charge in [0.25, 0.3) is 0 Å². The molecule has 0 bridgehead atoms. The molecule has 1 saturated heterocycles. The molecule has 0 aliphatic carbocycles. The maximum atomic E-state index is 12.4. The van der Waals surface area contributed by atoms with Crippen LogP contribution in [-0.2, 0) is 9.59 Å². The zero-order valence-electron chi connectivity index (χ0n) is 10.9. The van der Waals surface area contributed by atoms with Gasteiger partial charge in [-0.3, -0.25) is 14.5 Å². The minimum absolute atomic E-state index is 0.163. The minimum Gasteiger partial charge on any atom is -0.480 e. The third-order valence-electron chi connectivity index (χ3n) is 3.26. The molecule has 5 heteroatoms. The van der Waals surface area contributed by atoms with E-state index in [-0.39, 0.29) is 18.5 Å². The summed E-state index contributed by atoms with van der Waals surface area (Å²) in [5.41, 5.74) is 1.71. The summed E-state index contributed by atoms with van der Waals surface area (Å²) in [6, 6.07) is 7.05. The summed E-state index contributed by atoms with van der Waals surface area (Å²) in [5, 5.41) is 12.1. The second-order valence-electron chi connectivity index (χ2n) is 4.80. The zero-order chi connectivity index (χ0) is 13.8. The van der Waals surface area contributed by atoms with Crippen LogP contribution in [0.25, 0.3) is 0 Å². The van der Waals surface area contributed by atoms with E-state index in [4.69, 9.17) is 5.11 Å². The quantitative estimate of drug-likeness (QED) is 0.854. The molecule has 0 aromatic heterocycles. The number of benzene rings is 1. The van der Waals surface area contributed by atoms with Crippen LogP contribution in [0.3, 0.4) is 0 Å². The zero-order valence-corrected chi connectivity index (χ0v) is 10.9. The number of anilines is 1. The number of carbonyl (C=O) groups is 2. The van der Waals surface area contributed by atoms with Crippen LogP contribution in [0.1, 0.15) is 18.4 Å². The molecule has 1 fully saturated rings. The Morgan fingerprint density at radius 2 is 2.05 bits per heavy atom. The fourth-order valence-electron chi connectivity index (χ4n) is 2.24. The van der Waals surface area contributed by atoms with E-state index in [9.17, 15) is 9.59 Å². The molecular weight excluding hydrogens is 244 g/mol. The molecule has 102 valence electrons. The number of carboxylic acids is 1. The van der Waals surface area contributed by atoms with Crippen molar-refractivity contribution in [2.24, 2.45) is 0 Å². The van der Waals surface area contributed by atoms with Crippen molar-refractivity contribution in [3.8, 4) is 0 Å². The summed E-state index contributed by atoms with van der Waals surface area (Å²) < 4.78 is 0. The molecule has 2 N–H and O–H groups in total. The van der Waals surface area contributed by atoms with Crippen LogP contribution in [0.4, 0.5) is 5.69 Å². The highest BCUT2D eigenvalue weighted by Gasteiger charge is 2.28. The third kappa shape index (κ3) is 3.32. The average molecular weight is 262 g/mol. The Kier molecular flexibility index (Phi) is 4.16. The number of carboxylic acid groups (broad SMARTS) is 1. The number of rotatable bonds is 4. The van der Waals surface area contributed by atoms with Gasteiger partial charge in [0, 0.05) is 5.69 Å². The largest absolute Gasteiger partial charge is 0.480 e. The van der Waals surface area contributed by atoms with Gasteiger partial charge in [-0.05, 0) is 38.4 Å². The lowest BCUT2D eigenvalue weighted by Crippen LogP contribution is -2.46. The molecule has 1 amide bonds. The molecule has 1 aliphatic rings. The molecule has 0 spiro atoms. The Morgan fingerprint density at radius 1 is 1.37 bits per heavy atom. The van der Waals surface area contributed by atoms with E-state index in [1.807, 2.05) is 19.1 Å². The lowest BCUT2D eigenvalue weighted by molar-refractivity contribution is -0.136. The number of aryl methyl sites for hydroxylation is 1. The van der Waals surface area contributed by atoms with E-state index in [1.54, 1.807) is 12.1 Å². The Labute approximate surface area is 112 Å². The van der Waals surface area contributed by atoms with Gasteiger partial charge < -0.3 is 10.4 Å². The van der Waals surface area contributed by atoms with Crippen molar-refractivity contribution in [3.05, 3.63) is 29.8 Å². The predicted octanol–water partition coefficient (Wildman–Crippen LogP) is 1.16. The number of hydrogen-bond donors (Lipinski definition) is 2. The summed E-state index contributed by atoms with van der Waals surface area (Å²) in [6.07, 6.45) is 1.71. The monoisotopic (exact) mass is 262 g/mol. The number of hydrogen-bond acceptors (Lipinski definition) is 3. The molecular formula is C14H18N2O3. The summed E-state index contributed by atoms with van der Waals surface area (Å²) in [5.74, 6) is -1.17. The smallest absolute Gasteiger partial charge is 0.323 e. The topological polar surface area (TPSA) is 69.6 Å². The number of aliphatic carboxylic acids is 1. The van der Waals surface area contributed by atoms with Gasteiger partial charge in [0.15, 0.2) is 0 Å². The lowest BCUT2D eigenvalue weighted by atomic mass is 10.1. The first kappa shape index (κ1) is 13.5. The Hall–Kier alpha value is -1.88. The highest BCUT2D eigenvalue weighted by molar-refractivity contribution is 6.00. The average Bonchev–Trinajstić information content (AvgIpc) is 2.90. The Morgan fingerprint density at radius 3 is 2.58 bits per heavy atom. The molecule has 1 atom stereocenters.